The molecule has 0 bridgehead atoms. The van der Waals surface area contributed by atoms with Crippen LogP contribution in [0.25, 0.3) is 0 Å². The number of esters is 1. The number of hydrogen-bond donors (Lipinski definition) is 0. The minimum absolute atomic E-state index is 0.0265. The SMILES string of the molecule is CCC1(CCC=CC=C(F)C#N)CCC(C(=O)OC2CCCCC2)CC1. The smallest absolute Gasteiger partial charge is 0.309 e. The Kier molecular flexibility index (Phi) is 8.35. The van der Waals surface area contributed by atoms with E-state index in [1.165, 1.54) is 31.4 Å². The van der Waals surface area contributed by atoms with Gasteiger partial charge < -0.3 is 4.74 Å². The second-order valence-electron chi connectivity index (χ2n) is 7.92. The first-order valence-corrected chi connectivity index (χ1v) is 10.2. The van der Waals surface area contributed by atoms with Crippen LogP contribution in [0.4, 0.5) is 4.39 Å². The fourth-order valence-electron chi connectivity index (χ4n) is 4.37. The van der Waals surface area contributed by atoms with Gasteiger partial charge in [0.15, 0.2) is 5.83 Å². The summed E-state index contributed by atoms with van der Waals surface area (Å²) in [5.41, 5.74) is 0.281. The molecule has 2 aliphatic carbocycles. The van der Waals surface area contributed by atoms with Gasteiger partial charge in [0.25, 0.3) is 0 Å². The van der Waals surface area contributed by atoms with Crippen molar-refractivity contribution in [1.82, 2.24) is 0 Å². The molecule has 0 amide bonds. The van der Waals surface area contributed by atoms with E-state index < -0.39 is 5.83 Å². The van der Waals surface area contributed by atoms with Crippen molar-refractivity contribution in [3.63, 3.8) is 0 Å². The summed E-state index contributed by atoms with van der Waals surface area (Å²) in [4.78, 5) is 12.5. The molecule has 2 saturated carbocycles. The lowest BCUT2D eigenvalue weighted by Crippen LogP contribution is -2.33. The molecule has 0 radical (unpaired) electrons. The maximum atomic E-state index is 12.7. The van der Waals surface area contributed by atoms with Crippen LogP contribution in [0, 0.1) is 22.7 Å². The molecule has 26 heavy (non-hydrogen) atoms. The third-order valence-electron chi connectivity index (χ3n) is 6.29. The Bertz CT molecular complexity index is 547. The lowest BCUT2D eigenvalue weighted by atomic mass is 9.66. The zero-order chi connectivity index (χ0) is 18.8. The topological polar surface area (TPSA) is 50.1 Å². The zero-order valence-electron chi connectivity index (χ0n) is 16.0. The number of carbonyl (C=O) groups excluding carboxylic acids is 1. The van der Waals surface area contributed by atoms with E-state index in [2.05, 4.69) is 6.92 Å². The Hall–Kier alpha value is -1.63. The van der Waals surface area contributed by atoms with Crippen molar-refractivity contribution in [1.29, 1.82) is 5.26 Å². The minimum Gasteiger partial charge on any atom is -0.462 e. The van der Waals surface area contributed by atoms with Crippen molar-refractivity contribution in [2.75, 3.05) is 0 Å². The number of rotatable bonds is 7. The quantitative estimate of drug-likeness (QED) is 0.310. The van der Waals surface area contributed by atoms with Crippen molar-refractivity contribution in [2.24, 2.45) is 11.3 Å². The van der Waals surface area contributed by atoms with Gasteiger partial charge in [0.1, 0.15) is 12.2 Å². The first-order valence-electron chi connectivity index (χ1n) is 10.2. The highest BCUT2D eigenvalue weighted by atomic mass is 19.1. The predicted octanol–water partition coefficient (Wildman–Crippen LogP) is 6.16. The van der Waals surface area contributed by atoms with Crippen LogP contribution in [-0.2, 0) is 9.53 Å². The summed E-state index contributed by atoms with van der Waals surface area (Å²) in [6.07, 6.45) is 17.6. The van der Waals surface area contributed by atoms with Gasteiger partial charge in [0.2, 0.25) is 0 Å². The molecule has 0 unspecified atom stereocenters. The number of nitrogens with zero attached hydrogens (tertiary/aromatic N) is 1. The van der Waals surface area contributed by atoms with Gasteiger partial charge in [-0.15, -0.1) is 0 Å². The summed E-state index contributed by atoms with van der Waals surface area (Å²) in [5, 5.41) is 8.38. The molecule has 4 heteroatoms. The minimum atomic E-state index is -0.761. The van der Waals surface area contributed by atoms with Crippen molar-refractivity contribution in [3.8, 4) is 6.07 Å². The molecule has 0 aromatic carbocycles. The summed E-state index contributed by atoms with van der Waals surface area (Å²) in [5.74, 6) is -0.665. The molecule has 0 saturated heterocycles. The van der Waals surface area contributed by atoms with Gasteiger partial charge in [0, 0.05) is 0 Å². The summed E-state index contributed by atoms with van der Waals surface area (Å²) in [6.45, 7) is 2.22. The fraction of sp³-hybridized carbons (Fsp3) is 0.727. The van der Waals surface area contributed by atoms with Crippen LogP contribution >= 0.6 is 0 Å². The Morgan fingerprint density at radius 1 is 1.23 bits per heavy atom. The van der Waals surface area contributed by atoms with Crippen molar-refractivity contribution in [2.45, 2.75) is 90.1 Å². The van der Waals surface area contributed by atoms with Gasteiger partial charge in [-0.25, -0.2) is 0 Å². The molecule has 0 heterocycles. The normalized spacial score (nSPS) is 28.0. The van der Waals surface area contributed by atoms with E-state index in [-0.39, 0.29) is 23.4 Å². The van der Waals surface area contributed by atoms with E-state index >= 15 is 0 Å². The molecule has 3 nitrogen and oxygen atoms in total. The van der Waals surface area contributed by atoms with E-state index in [1.54, 1.807) is 6.08 Å². The van der Waals surface area contributed by atoms with Crippen molar-refractivity contribution >= 4 is 5.97 Å². The van der Waals surface area contributed by atoms with Crippen molar-refractivity contribution in [3.05, 3.63) is 24.1 Å². The molecule has 0 aliphatic heterocycles. The average Bonchev–Trinajstić information content (AvgIpc) is 2.68. The van der Waals surface area contributed by atoms with E-state index in [4.69, 9.17) is 10.00 Å². The Morgan fingerprint density at radius 3 is 2.54 bits per heavy atom. The van der Waals surface area contributed by atoms with Gasteiger partial charge in [-0.1, -0.05) is 31.9 Å². The predicted molar refractivity (Wildman–Crippen MR) is 101 cm³/mol. The number of hydrogen-bond acceptors (Lipinski definition) is 3. The van der Waals surface area contributed by atoms with E-state index in [0.29, 0.717) is 0 Å². The molecule has 2 aliphatic rings. The van der Waals surface area contributed by atoms with Gasteiger partial charge in [-0.05, 0) is 75.7 Å². The molecule has 0 spiro atoms. The second kappa shape index (κ2) is 10.5. The lowest BCUT2D eigenvalue weighted by Gasteiger charge is -2.39. The molecule has 144 valence electrons. The first kappa shape index (κ1) is 20.7. The molecular formula is C22H32FNO2. The van der Waals surface area contributed by atoms with Crippen molar-refractivity contribution < 1.29 is 13.9 Å². The highest BCUT2D eigenvalue weighted by Gasteiger charge is 2.36. The van der Waals surface area contributed by atoms with Gasteiger partial charge >= 0.3 is 5.97 Å². The van der Waals surface area contributed by atoms with Crippen LogP contribution in [-0.4, -0.2) is 12.1 Å². The number of allylic oxidation sites excluding steroid dienone is 4. The van der Waals surface area contributed by atoms with Gasteiger partial charge in [0.05, 0.1) is 5.92 Å². The van der Waals surface area contributed by atoms with E-state index in [1.807, 2.05) is 6.08 Å². The van der Waals surface area contributed by atoms with Gasteiger partial charge in [-0.3, -0.25) is 4.79 Å². The second-order valence-corrected chi connectivity index (χ2v) is 7.92. The summed E-state index contributed by atoms with van der Waals surface area (Å²) >= 11 is 0. The molecule has 0 aromatic heterocycles. The van der Waals surface area contributed by atoms with Crippen LogP contribution < -0.4 is 0 Å². The van der Waals surface area contributed by atoms with Crippen LogP contribution in [0.5, 0.6) is 0 Å². The third kappa shape index (κ3) is 6.27. The molecule has 0 aromatic rings. The molecule has 0 N–H and O–H groups in total. The van der Waals surface area contributed by atoms with Gasteiger partial charge in [-0.2, -0.15) is 9.65 Å². The number of ether oxygens (including phenoxy) is 1. The maximum Gasteiger partial charge on any atom is 0.309 e. The standard InChI is InChI=1S/C22H32FNO2/c1-2-22(14-8-4-5-9-19(23)17-24)15-12-18(13-16-22)21(25)26-20-10-6-3-7-11-20/h4-5,9,18,20H,2-3,6-8,10-16H2,1H3. The van der Waals surface area contributed by atoms with Crippen LogP contribution in [0.3, 0.4) is 0 Å². The number of halogens is 1. The Balaban J connectivity index is 1.76. The van der Waals surface area contributed by atoms with E-state index in [0.717, 1.165) is 57.8 Å². The molecular weight excluding hydrogens is 329 g/mol. The van der Waals surface area contributed by atoms with Crippen LogP contribution in [0.1, 0.15) is 84.0 Å². The highest BCUT2D eigenvalue weighted by molar-refractivity contribution is 5.72. The number of nitriles is 1. The lowest BCUT2D eigenvalue weighted by molar-refractivity contribution is -0.157. The molecule has 2 rings (SSSR count). The number of carbonyl (C=O) groups is 1. The maximum absolute atomic E-state index is 12.7. The summed E-state index contributed by atoms with van der Waals surface area (Å²) in [7, 11) is 0. The van der Waals surface area contributed by atoms with Crippen LogP contribution in [0.2, 0.25) is 0 Å². The first-order chi connectivity index (χ1) is 12.6. The fourth-order valence-corrected chi connectivity index (χ4v) is 4.37. The van der Waals surface area contributed by atoms with E-state index in [9.17, 15) is 9.18 Å². The average molecular weight is 362 g/mol. The van der Waals surface area contributed by atoms with Crippen LogP contribution in [0.15, 0.2) is 24.1 Å². The summed E-state index contributed by atoms with van der Waals surface area (Å²) < 4.78 is 18.5. The largest absolute Gasteiger partial charge is 0.462 e. The Labute approximate surface area is 157 Å². The third-order valence-corrected chi connectivity index (χ3v) is 6.29. The molecule has 2 fully saturated rings. The summed E-state index contributed by atoms with van der Waals surface area (Å²) in [6, 6.07) is 1.47. The highest BCUT2D eigenvalue weighted by Crippen LogP contribution is 2.45. The Morgan fingerprint density at radius 2 is 1.92 bits per heavy atom. The monoisotopic (exact) mass is 361 g/mol. The zero-order valence-corrected chi connectivity index (χ0v) is 16.0. The molecule has 0 atom stereocenters.